The van der Waals surface area contributed by atoms with E-state index in [1.807, 2.05) is 13.8 Å². The van der Waals surface area contributed by atoms with E-state index in [4.69, 9.17) is 4.42 Å². The maximum Gasteiger partial charge on any atom is 0.221 e. The monoisotopic (exact) mass is 225 g/mol. The highest BCUT2D eigenvalue weighted by Gasteiger charge is 2.02. The van der Waals surface area contributed by atoms with Crippen LogP contribution in [0.1, 0.15) is 31.9 Å². The van der Waals surface area contributed by atoms with Crippen LogP contribution in [-0.4, -0.2) is 24.0 Å². The van der Waals surface area contributed by atoms with Gasteiger partial charge < -0.3 is 15.1 Å². The Labute approximate surface area is 95.6 Å². The van der Waals surface area contributed by atoms with Crippen LogP contribution in [0.3, 0.4) is 0 Å². The molecule has 90 valence electrons. The highest BCUT2D eigenvalue weighted by molar-refractivity contribution is 5.75. The van der Waals surface area contributed by atoms with E-state index >= 15 is 0 Å². The van der Waals surface area contributed by atoms with Crippen molar-refractivity contribution in [1.29, 1.82) is 0 Å². The lowest BCUT2D eigenvalue weighted by Gasteiger charge is -2.02. The molecule has 1 aromatic rings. The molecule has 5 nitrogen and oxygen atoms in total. The van der Waals surface area contributed by atoms with E-state index in [1.165, 1.54) is 0 Å². The molecule has 1 amide bonds. The molecule has 0 bridgehead atoms. The summed E-state index contributed by atoms with van der Waals surface area (Å²) in [5.74, 6) is 1.63. The SMILES string of the molecule is CCNC(=O)CCNCc1ncc(CC)o1. The number of hydrogen-bond acceptors (Lipinski definition) is 4. The molecule has 0 atom stereocenters. The molecule has 2 N–H and O–H groups in total. The average Bonchev–Trinajstić information content (AvgIpc) is 2.73. The number of aryl methyl sites for hydroxylation is 1. The van der Waals surface area contributed by atoms with Crippen LogP contribution in [0.25, 0.3) is 0 Å². The van der Waals surface area contributed by atoms with E-state index in [0.717, 1.165) is 12.2 Å². The number of hydrogen-bond donors (Lipinski definition) is 2. The van der Waals surface area contributed by atoms with Gasteiger partial charge in [0.05, 0.1) is 12.7 Å². The zero-order valence-corrected chi connectivity index (χ0v) is 9.88. The highest BCUT2D eigenvalue weighted by Crippen LogP contribution is 2.03. The number of rotatable bonds is 7. The number of nitrogens with zero attached hydrogens (tertiary/aromatic N) is 1. The molecule has 1 heterocycles. The Bertz CT molecular complexity index is 323. The molecule has 0 fully saturated rings. The molecule has 1 aromatic heterocycles. The Morgan fingerprint density at radius 2 is 2.31 bits per heavy atom. The van der Waals surface area contributed by atoms with Gasteiger partial charge in [-0.15, -0.1) is 0 Å². The topological polar surface area (TPSA) is 67.2 Å². The van der Waals surface area contributed by atoms with Crippen molar-refractivity contribution in [2.24, 2.45) is 0 Å². The van der Waals surface area contributed by atoms with Crippen molar-refractivity contribution >= 4 is 5.91 Å². The Hall–Kier alpha value is -1.36. The van der Waals surface area contributed by atoms with E-state index in [9.17, 15) is 4.79 Å². The van der Waals surface area contributed by atoms with Gasteiger partial charge in [-0.05, 0) is 6.92 Å². The van der Waals surface area contributed by atoms with Gasteiger partial charge in [-0.3, -0.25) is 4.79 Å². The third kappa shape index (κ3) is 4.44. The summed E-state index contributed by atoms with van der Waals surface area (Å²) in [7, 11) is 0. The minimum atomic E-state index is 0.0663. The van der Waals surface area contributed by atoms with Crippen LogP contribution in [0.15, 0.2) is 10.6 Å². The maximum absolute atomic E-state index is 11.1. The lowest BCUT2D eigenvalue weighted by Crippen LogP contribution is -2.27. The van der Waals surface area contributed by atoms with Crippen molar-refractivity contribution in [2.75, 3.05) is 13.1 Å². The lowest BCUT2D eigenvalue weighted by molar-refractivity contribution is -0.120. The Morgan fingerprint density at radius 1 is 1.50 bits per heavy atom. The molecule has 0 saturated carbocycles. The molecule has 0 aromatic carbocycles. The van der Waals surface area contributed by atoms with Crippen molar-refractivity contribution in [1.82, 2.24) is 15.6 Å². The van der Waals surface area contributed by atoms with Gasteiger partial charge in [0.25, 0.3) is 0 Å². The van der Waals surface area contributed by atoms with E-state index in [1.54, 1.807) is 6.20 Å². The van der Waals surface area contributed by atoms with Crippen molar-refractivity contribution in [3.05, 3.63) is 17.8 Å². The fourth-order valence-electron chi connectivity index (χ4n) is 1.28. The number of nitrogens with one attached hydrogen (secondary N) is 2. The standard InChI is InChI=1S/C11H19N3O2/c1-3-9-7-14-11(16-9)8-12-6-5-10(15)13-4-2/h7,12H,3-6,8H2,1-2H3,(H,13,15). The summed E-state index contributed by atoms with van der Waals surface area (Å²) >= 11 is 0. The van der Waals surface area contributed by atoms with Crippen molar-refractivity contribution in [2.45, 2.75) is 33.2 Å². The van der Waals surface area contributed by atoms with Crippen LogP contribution in [0.2, 0.25) is 0 Å². The fourth-order valence-corrected chi connectivity index (χ4v) is 1.28. The molecular formula is C11H19N3O2. The summed E-state index contributed by atoms with van der Waals surface area (Å²) in [5, 5.41) is 5.85. The smallest absolute Gasteiger partial charge is 0.221 e. The van der Waals surface area contributed by atoms with Gasteiger partial charge in [0.1, 0.15) is 5.76 Å². The summed E-state index contributed by atoms with van der Waals surface area (Å²) in [6.45, 7) is 5.81. The fraction of sp³-hybridized carbons (Fsp3) is 0.636. The third-order valence-electron chi connectivity index (χ3n) is 2.13. The van der Waals surface area contributed by atoms with Gasteiger partial charge >= 0.3 is 0 Å². The van der Waals surface area contributed by atoms with Crippen molar-refractivity contribution in [3.63, 3.8) is 0 Å². The number of aromatic nitrogens is 1. The molecule has 0 aliphatic rings. The molecule has 0 saturated heterocycles. The zero-order valence-electron chi connectivity index (χ0n) is 9.88. The van der Waals surface area contributed by atoms with Gasteiger partial charge in [-0.2, -0.15) is 0 Å². The summed E-state index contributed by atoms with van der Waals surface area (Å²) in [6, 6.07) is 0. The first-order chi connectivity index (χ1) is 7.76. The molecule has 0 aliphatic heterocycles. The van der Waals surface area contributed by atoms with Gasteiger partial charge in [-0.1, -0.05) is 6.92 Å². The highest BCUT2D eigenvalue weighted by atomic mass is 16.4. The largest absolute Gasteiger partial charge is 0.444 e. The van der Waals surface area contributed by atoms with Crippen molar-refractivity contribution in [3.8, 4) is 0 Å². The van der Waals surface area contributed by atoms with E-state index < -0.39 is 0 Å². The molecule has 0 unspecified atom stereocenters. The Kier molecular flexibility index (Phi) is 5.56. The number of carbonyl (C=O) groups excluding carboxylic acids is 1. The summed E-state index contributed by atoms with van der Waals surface area (Å²) in [5.41, 5.74) is 0. The Morgan fingerprint density at radius 3 is 2.94 bits per heavy atom. The van der Waals surface area contributed by atoms with E-state index in [2.05, 4.69) is 15.6 Å². The minimum Gasteiger partial charge on any atom is -0.444 e. The predicted molar refractivity (Wildman–Crippen MR) is 60.9 cm³/mol. The van der Waals surface area contributed by atoms with Crippen LogP contribution < -0.4 is 10.6 Å². The quantitative estimate of drug-likeness (QED) is 0.675. The number of carbonyl (C=O) groups is 1. The van der Waals surface area contributed by atoms with Crippen LogP contribution in [0, 0.1) is 0 Å². The van der Waals surface area contributed by atoms with Gasteiger partial charge in [0, 0.05) is 25.9 Å². The summed E-state index contributed by atoms with van der Waals surface area (Å²) in [4.78, 5) is 15.2. The van der Waals surface area contributed by atoms with Gasteiger partial charge in [-0.25, -0.2) is 4.98 Å². The first-order valence-corrected chi connectivity index (χ1v) is 5.67. The summed E-state index contributed by atoms with van der Waals surface area (Å²) < 4.78 is 5.41. The predicted octanol–water partition coefficient (Wildman–Crippen LogP) is 0.853. The second-order valence-electron chi connectivity index (χ2n) is 3.45. The number of oxazole rings is 1. The van der Waals surface area contributed by atoms with Crippen LogP contribution in [0.4, 0.5) is 0 Å². The van der Waals surface area contributed by atoms with Crippen LogP contribution in [-0.2, 0) is 17.8 Å². The van der Waals surface area contributed by atoms with E-state index in [-0.39, 0.29) is 5.91 Å². The molecule has 0 spiro atoms. The second kappa shape index (κ2) is 7.00. The van der Waals surface area contributed by atoms with Gasteiger partial charge in [0.2, 0.25) is 11.8 Å². The van der Waals surface area contributed by atoms with Crippen LogP contribution in [0.5, 0.6) is 0 Å². The van der Waals surface area contributed by atoms with Gasteiger partial charge in [0.15, 0.2) is 0 Å². The first kappa shape index (κ1) is 12.7. The van der Waals surface area contributed by atoms with Crippen molar-refractivity contribution < 1.29 is 9.21 Å². The molecular weight excluding hydrogens is 206 g/mol. The molecule has 0 radical (unpaired) electrons. The lowest BCUT2D eigenvalue weighted by atomic mass is 10.4. The normalized spacial score (nSPS) is 10.4. The third-order valence-corrected chi connectivity index (χ3v) is 2.13. The number of amides is 1. The molecule has 5 heteroatoms. The maximum atomic E-state index is 11.1. The van der Waals surface area contributed by atoms with E-state index in [0.29, 0.717) is 31.9 Å². The summed E-state index contributed by atoms with van der Waals surface area (Å²) in [6.07, 6.45) is 3.07. The first-order valence-electron chi connectivity index (χ1n) is 5.67. The Balaban J connectivity index is 2.13. The average molecular weight is 225 g/mol. The molecule has 16 heavy (non-hydrogen) atoms. The van der Waals surface area contributed by atoms with Crippen LogP contribution >= 0.6 is 0 Å². The second-order valence-corrected chi connectivity index (χ2v) is 3.45. The minimum absolute atomic E-state index is 0.0663. The molecule has 0 aliphatic carbocycles. The molecule has 1 rings (SSSR count). The zero-order chi connectivity index (χ0) is 11.8.